The van der Waals surface area contributed by atoms with E-state index >= 15 is 0 Å². The lowest BCUT2D eigenvalue weighted by Gasteiger charge is -2.06. The number of aliphatic hydroxyl groups is 1. The van der Waals surface area contributed by atoms with Crippen LogP contribution in [0.1, 0.15) is 22.3 Å². The fourth-order valence-corrected chi connectivity index (χ4v) is 1.54. The molecule has 0 aliphatic carbocycles. The number of amides is 1. The molecule has 5 nitrogen and oxygen atoms in total. The number of pyridine rings is 2. The quantitative estimate of drug-likeness (QED) is 0.826. The fourth-order valence-electron chi connectivity index (χ4n) is 1.54. The van der Waals surface area contributed by atoms with Gasteiger partial charge in [0.05, 0.1) is 17.7 Å². The fraction of sp³-hybridized carbons (Fsp3) is 0.133. The van der Waals surface area contributed by atoms with Gasteiger partial charge in [-0.2, -0.15) is 0 Å². The summed E-state index contributed by atoms with van der Waals surface area (Å²) in [6, 6.07) is 5.02. The molecule has 0 aliphatic heterocycles. The van der Waals surface area contributed by atoms with Crippen molar-refractivity contribution in [2.45, 2.75) is 6.42 Å². The smallest absolute Gasteiger partial charge is 0.257 e. The zero-order chi connectivity index (χ0) is 14.2. The predicted octanol–water partition coefficient (Wildman–Crippen LogP) is 1.46. The molecule has 2 heterocycles. The Kier molecular flexibility index (Phi) is 4.81. The summed E-state index contributed by atoms with van der Waals surface area (Å²) in [6.07, 6.45) is 6.64. The topological polar surface area (TPSA) is 75.1 Å². The lowest BCUT2D eigenvalue weighted by molar-refractivity contribution is 0.102. The van der Waals surface area contributed by atoms with Crippen LogP contribution < -0.4 is 5.32 Å². The Morgan fingerprint density at radius 1 is 1.20 bits per heavy atom. The maximum atomic E-state index is 12.2. The Labute approximate surface area is 116 Å². The minimum Gasteiger partial charge on any atom is -0.395 e. The van der Waals surface area contributed by atoms with E-state index < -0.39 is 0 Å². The van der Waals surface area contributed by atoms with Crippen molar-refractivity contribution in [1.29, 1.82) is 0 Å². The second kappa shape index (κ2) is 7.02. The molecule has 0 atom stereocenters. The molecular weight excluding hydrogens is 254 g/mol. The largest absolute Gasteiger partial charge is 0.395 e. The van der Waals surface area contributed by atoms with Crippen LogP contribution in [0.25, 0.3) is 0 Å². The summed E-state index contributed by atoms with van der Waals surface area (Å²) < 4.78 is 0. The highest BCUT2D eigenvalue weighted by atomic mass is 16.2. The number of aliphatic hydroxyl groups excluding tert-OH is 1. The Balaban J connectivity index is 2.20. The first kappa shape index (κ1) is 13.7. The van der Waals surface area contributed by atoms with Gasteiger partial charge in [-0.15, -0.1) is 0 Å². The molecule has 2 N–H and O–H groups in total. The van der Waals surface area contributed by atoms with Crippen LogP contribution in [0.15, 0.2) is 43.0 Å². The van der Waals surface area contributed by atoms with Crippen LogP contribution in [-0.2, 0) is 0 Å². The Hall–Kier alpha value is -2.71. The van der Waals surface area contributed by atoms with E-state index in [9.17, 15) is 4.79 Å². The van der Waals surface area contributed by atoms with Crippen molar-refractivity contribution in [3.8, 4) is 11.8 Å². The van der Waals surface area contributed by atoms with E-state index in [-0.39, 0.29) is 12.5 Å². The van der Waals surface area contributed by atoms with Crippen LogP contribution in [0.3, 0.4) is 0 Å². The van der Waals surface area contributed by atoms with E-state index in [0.717, 1.165) is 0 Å². The highest BCUT2D eigenvalue weighted by Crippen LogP contribution is 2.10. The third-order valence-electron chi connectivity index (χ3n) is 2.46. The maximum Gasteiger partial charge on any atom is 0.257 e. The van der Waals surface area contributed by atoms with Crippen molar-refractivity contribution in [2.75, 3.05) is 11.9 Å². The average Bonchev–Trinajstić information content (AvgIpc) is 2.49. The first-order valence-electron chi connectivity index (χ1n) is 6.06. The van der Waals surface area contributed by atoms with Crippen LogP contribution >= 0.6 is 0 Å². The average molecular weight is 267 g/mol. The lowest BCUT2D eigenvalue weighted by Crippen LogP contribution is -2.13. The van der Waals surface area contributed by atoms with Gasteiger partial charge in [-0.3, -0.25) is 14.8 Å². The molecular formula is C15H13N3O2. The molecule has 0 unspecified atom stereocenters. The second-order valence-electron chi connectivity index (χ2n) is 3.89. The van der Waals surface area contributed by atoms with Crippen molar-refractivity contribution < 1.29 is 9.90 Å². The van der Waals surface area contributed by atoms with Crippen LogP contribution in [0.5, 0.6) is 0 Å². The lowest BCUT2D eigenvalue weighted by atomic mass is 10.1. The summed E-state index contributed by atoms with van der Waals surface area (Å²) in [5.41, 5.74) is 1.64. The van der Waals surface area contributed by atoms with Gasteiger partial charge < -0.3 is 10.4 Å². The van der Waals surface area contributed by atoms with Gasteiger partial charge in [-0.25, -0.2) is 0 Å². The molecule has 0 bridgehead atoms. The van der Waals surface area contributed by atoms with Gasteiger partial charge in [0.25, 0.3) is 5.91 Å². The van der Waals surface area contributed by atoms with Gasteiger partial charge in [0.15, 0.2) is 0 Å². The van der Waals surface area contributed by atoms with Crippen LogP contribution in [0.4, 0.5) is 5.69 Å². The third kappa shape index (κ3) is 3.64. The minimum atomic E-state index is -0.258. The van der Waals surface area contributed by atoms with Crippen LogP contribution in [0, 0.1) is 11.8 Å². The van der Waals surface area contributed by atoms with Crippen molar-refractivity contribution in [1.82, 2.24) is 9.97 Å². The van der Waals surface area contributed by atoms with Gasteiger partial charge in [0.1, 0.15) is 0 Å². The maximum absolute atomic E-state index is 12.2. The van der Waals surface area contributed by atoms with Gasteiger partial charge in [-0.05, 0) is 18.2 Å². The SMILES string of the molecule is O=C(Nc1ccncc1)c1ccncc1C#CCCO. The van der Waals surface area contributed by atoms with E-state index in [4.69, 9.17) is 5.11 Å². The molecule has 100 valence electrons. The number of nitrogens with zero attached hydrogens (tertiary/aromatic N) is 2. The summed E-state index contributed by atoms with van der Waals surface area (Å²) in [7, 11) is 0. The highest BCUT2D eigenvalue weighted by Gasteiger charge is 2.10. The van der Waals surface area contributed by atoms with E-state index in [1.807, 2.05) is 0 Å². The number of carbonyl (C=O) groups is 1. The van der Waals surface area contributed by atoms with Gasteiger partial charge in [-0.1, -0.05) is 11.8 Å². The van der Waals surface area contributed by atoms with Gasteiger partial charge in [0.2, 0.25) is 0 Å². The van der Waals surface area contributed by atoms with E-state index in [0.29, 0.717) is 23.2 Å². The summed E-state index contributed by atoms with van der Waals surface area (Å²) in [6.45, 7) is -0.00813. The molecule has 20 heavy (non-hydrogen) atoms. The predicted molar refractivity (Wildman–Crippen MR) is 75.0 cm³/mol. The van der Waals surface area contributed by atoms with Crippen LogP contribution in [-0.4, -0.2) is 27.6 Å². The number of nitrogens with one attached hydrogen (secondary N) is 1. The molecule has 2 aromatic heterocycles. The molecule has 0 radical (unpaired) electrons. The molecule has 1 amide bonds. The summed E-state index contributed by atoms with van der Waals surface area (Å²) in [4.78, 5) is 20.0. The van der Waals surface area contributed by atoms with Crippen molar-refractivity contribution in [2.24, 2.45) is 0 Å². The molecule has 0 spiro atoms. The van der Waals surface area contributed by atoms with E-state index in [2.05, 4.69) is 27.1 Å². The molecule has 0 aliphatic rings. The molecule has 0 saturated carbocycles. The first-order chi connectivity index (χ1) is 9.81. The third-order valence-corrected chi connectivity index (χ3v) is 2.46. The Morgan fingerprint density at radius 2 is 1.95 bits per heavy atom. The molecule has 0 fully saturated rings. The zero-order valence-corrected chi connectivity index (χ0v) is 10.7. The van der Waals surface area contributed by atoms with Crippen molar-refractivity contribution in [3.63, 3.8) is 0 Å². The Morgan fingerprint density at radius 3 is 2.70 bits per heavy atom. The standard InChI is InChI=1S/C15H13N3O2/c19-10-2-1-3-12-11-17-9-6-14(12)15(20)18-13-4-7-16-8-5-13/h4-9,11,19H,2,10H2,(H,16,18,20). The minimum absolute atomic E-state index is 0.00813. The van der Waals surface area contributed by atoms with E-state index in [1.54, 1.807) is 36.8 Å². The van der Waals surface area contributed by atoms with E-state index in [1.165, 1.54) is 6.20 Å². The normalized spacial score (nSPS) is 9.45. The molecule has 5 heteroatoms. The molecule has 0 saturated heterocycles. The molecule has 0 aromatic carbocycles. The number of hydrogen-bond donors (Lipinski definition) is 2. The van der Waals surface area contributed by atoms with Crippen molar-refractivity contribution in [3.05, 3.63) is 54.1 Å². The molecule has 2 rings (SSSR count). The monoisotopic (exact) mass is 267 g/mol. The van der Waals surface area contributed by atoms with Gasteiger partial charge >= 0.3 is 0 Å². The number of rotatable bonds is 3. The number of aromatic nitrogens is 2. The van der Waals surface area contributed by atoms with Crippen molar-refractivity contribution >= 4 is 11.6 Å². The summed E-state index contributed by atoms with van der Waals surface area (Å²) >= 11 is 0. The number of carbonyl (C=O) groups excluding carboxylic acids is 1. The highest BCUT2D eigenvalue weighted by molar-refractivity contribution is 6.05. The summed E-state index contributed by atoms with van der Waals surface area (Å²) in [5.74, 6) is 5.36. The molecule has 2 aromatic rings. The first-order valence-corrected chi connectivity index (χ1v) is 6.06. The second-order valence-corrected chi connectivity index (χ2v) is 3.89. The number of hydrogen-bond acceptors (Lipinski definition) is 4. The summed E-state index contributed by atoms with van der Waals surface area (Å²) in [5, 5.41) is 11.5. The van der Waals surface area contributed by atoms with Gasteiger partial charge in [0, 0.05) is 36.9 Å². The number of anilines is 1. The zero-order valence-electron chi connectivity index (χ0n) is 10.7. The van der Waals surface area contributed by atoms with Crippen LogP contribution in [0.2, 0.25) is 0 Å². The Bertz CT molecular complexity index is 645.